The van der Waals surface area contributed by atoms with Crippen LogP contribution in [0.4, 0.5) is 5.69 Å². The molecule has 0 saturated heterocycles. The van der Waals surface area contributed by atoms with Gasteiger partial charge >= 0.3 is 0 Å². The number of halogens is 2. The summed E-state index contributed by atoms with van der Waals surface area (Å²) in [7, 11) is -3.51. The van der Waals surface area contributed by atoms with Crippen molar-refractivity contribution in [2.45, 2.75) is 6.92 Å². The quantitative estimate of drug-likeness (QED) is 0.790. The zero-order valence-electron chi connectivity index (χ0n) is 12.3. The summed E-state index contributed by atoms with van der Waals surface area (Å²) in [4.78, 5) is 11.5. The van der Waals surface area contributed by atoms with Crippen molar-refractivity contribution in [3.05, 3.63) is 52.0 Å². The van der Waals surface area contributed by atoms with Gasteiger partial charge in [0.1, 0.15) is 5.75 Å². The smallest absolute Gasteiger partial charge is 0.229 e. The van der Waals surface area contributed by atoms with Crippen molar-refractivity contribution in [3.63, 3.8) is 0 Å². The second kappa shape index (κ2) is 6.78. The maximum Gasteiger partial charge on any atom is 0.229 e. The Kier molecular flexibility index (Phi) is 5.19. The van der Waals surface area contributed by atoms with Gasteiger partial charge in [-0.2, -0.15) is 0 Å². The topological polar surface area (TPSA) is 72.5 Å². The monoisotopic (exact) mass is 373 g/mol. The fraction of sp³-hybridized carbons (Fsp3) is 0.133. The first-order chi connectivity index (χ1) is 10.7. The van der Waals surface area contributed by atoms with E-state index in [0.29, 0.717) is 10.6 Å². The van der Waals surface area contributed by atoms with Gasteiger partial charge in [-0.05, 0) is 43.3 Å². The number of nitrogens with one attached hydrogen (secondary N) is 1. The molecule has 2 aromatic rings. The van der Waals surface area contributed by atoms with Gasteiger partial charge in [0.15, 0.2) is 11.5 Å². The summed E-state index contributed by atoms with van der Waals surface area (Å²) in [5.41, 5.74) is 0.577. The Hall–Kier alpha value is -1.76. The molecule has 0 amide bonds. The van der Waals surface area contributed by atoms with Crippen molar-refractivity contribution >= 4 is 44.7 Å². The number of hydrogen-bond donors (Lipinski definition) is 1. The summed E-state index contributed by atoms with van der Waals surface area (Å²) in [5.74, 6) is 0.267. The lowest BCUT2D eigenvalue weighted by Gasteiger charge is -2.14. The molecule has 0 aliphatic heterocycles. The minimum atomic E-state index is -3.51. The molecule has 122 valence electrons. The van der Waals surface area contributed by atoms with Gasteiger partial charge in [-0.25, -0.2) is 8.42 Å². The number of benzene rings is 2. The van der Waals surface area contributed by atoms with Crippen molar-refractivity contribution in [1.29, 1.82) is 0 Å². The summed E-state index contributed by atoms with van der Waals surface area (Å²) in [6.45, 7) is 1.40. The Morgan fingerprint density at radius 3 is 2.35 bits per heavy atom. The van der Waals surface area contributed by atoms with Crippen molar-refractivity contribution in [3.8, 4) is 11.5 Å². The van der Waals surface area contributed by atoms with Crippen LogP contribution in [0, 0.1) is 0 Å². The van der Waals surface area contributed by atoms with E-state index >= 15 is 0 Å². The molecular formula is C15H13Cl2NO4S. The summed E-state index contributed by atoms with van der Waals surface area (Å²) in [5, 5.41) is 0.699. The number of ketones is 1. The summed E-state index contributed by atoms with van der Waals surface area (Å²) < 4.78 is 30.9. The first-order valence-corrected chi connectivity index (χ1v) is 9.06. The normalized spacial score (nSPS) is 11.1. The zero-order valence-corrected chi connectivity index (χ0v) is 14.6. The summed E-state index contributed by atoms with van der Waals surface area (Å²) in [6, 6.07) is 9.04. The molecule has 0 aliphatic carbocycles. The standard InChI is InChI=1S/C15H13Cl2NO4S/c1-9(19)10-3-5-13(18-23(2,20)21)15(7-10)22-14-6-4-11(16)8-12(14)17/h3-8,18H,1-2H3. The van der Waals surface area contributed by atoms with Crippen molar-refractivity contribution in [2.24, 2.45) is 0 Å². The van der Waals surface area contributed by atoms with Gasteiger partial charge in [0, 0.05) is 10.6 Å². The van der Waals surface area contributed by atoms with Crippen LogP contribution in [0.5, 0.6) is 11.5 Å². The van der Waals surface area contributed by atoms with Crippen LogP contribution in [-0.4, -0.2) is 20.5 Å². The van der Waals surface area contributed by atoms with E-state index in [1.165, 1.54) is 31.2 Å². The lowest BCUT2D eigenvalue weighted by atomic mass is 10.1. The maximum absolute atomic E-state index is 11.5. The van der Waals surface area contributed by atoms with E-state index in [9.17, 15) is 13.2 Å². The van der Waals surface area contributed by atoms with Crippen LogP contribution in [0.25, 0.3) is 0 Å². The third-order valence-corrected chi connectivity index (χ3v) is 3.92. The van der Waals surface area contributed by atoms with Crippen LogP contribution in [-0.2, 0) is 10.0 Å². The predicted octanol–water partition coefficient (Wildman–Crippen LogP) is 4.36. The minimum absolute atomic E-state index is 0.160. The number of anilines is 1. The fourth-order valence-corrected chi connectivity index (χ4v) is 2.80. The SMILES string of the molecule is CC(=O)c1ccc(NS(C)(=O)=O)c(Oc2ccc(Cl)cc2Cl)c1. The van der Waals surface area contributed by atoms with Gasteiger partial charge in [0.2, 0.25) is 10.0 Å². The number of carbonyl (C=O) groups is 1. The van der Waals surface area contributed by atoms with Gasteiger partial charge in [-0.3, -0.25) is 9.52 Å². The summed E-state index contributed by atoms with van der Waals surface area (Å²) >= 11 is 11.9. The molecule has 1 N–H and O–H groups in total. The molecule has 0 fully saturated rings. The molecule has 0 radical (unpaired) electrons. The molecule has 0 unspecified atom stereocenters. The first kappa shape index (κ1) is 17.6. The van der Waals surface area contributed by atoms with E-state index in [-0.39, 0.29) is 28.0 Å². The van der Waals surface area contributed by atoms with Crippen LogP contribution in [0.3, 0.4) is 0 Å². The first-order valence-electron chi connectivity index (χ1n) is 6.41. The average molecular weight is 374 g/mol. The number of hydrogen-bond acceptors (Lipinski definition) is 4. The van der Waals surface area contributed by atoms with Crippen LogP contribution >= 0.6 is 23.2 Å². The molecule has 2 rings (SSSR count). The fourth-order valence-electron chi connectivity index (χ4n) is 1.79. The van der Waals surface area contributed by atoms with E-state index in [2.05, 4.69) is 4.72 Å². The van der Waals surface area contributed by atoms with Gasteiger partial charge in [-0.15, -0.1) is 0 Å². The number of ether oxygens (including phenoxy) is 1. The summed E-state index contributed by atoms with van der Waals surface area (Å²) in [6.07, 6.45) is 1.02. The van der Waals surface area contributed by atoms with Crippen LogP contribution in [0.15, 0.2) is 36.4 Å². The molecular weight excluding hydrogens is 361 g/mol. The largest absolute Gasteiger partial charge is 0.454 e. The second-order valence-corrected chi connectivity index (χ2v) is 7.41. The van der Waals surface area contributed by atoms with Crippen LogP contribution in [0.2, 0.25) is 10.0 Å². The highest BCUT2D eigenvalue weighted by atomic mass is 35.5. The predicted molar refractivity (Wildman–Crippen MR) is 91.4 cm³/mol. The Morgan fingerprint density at radius 1 is 1.09 bits per heavy atom. The molecule has 23 heavy (non-hydrogen) atoms. The molecule has 5 nitrogen and oxygen atoms in total. The minimum Gasteiger partial charge on any atom is -0.454 e. The highest BCUT2D eigenvalue weighted by Gasteiger charge is 2.14. The lowest BCUT2D eigenvalue weighted by Crippen LogP contribution is -2.10. The van der Waals surface area contributed by atoms with E-state index in [1.807, 2.05) is 0 Å². The maximum atomic E-state index is 11.5. The van der Waals surface area contributed by atoms with Gasteiger partial charge in [0.05, 0.1) is 17.0 Å². The Bertz CT molecular complexity index is 866. The van der Waals surface area contributed by atoms with Gasteiger partial charge < -0.3 is 4.74 Å². The molecule has 2 aromatic carbocycles. The molecule has 0 aliphatic rings. The second-order valence-electron chi connectivity index (χ2n) is 4.82. The van der Waals surface area contributed by atoms with Gasteiger partial charge in [-0.1, -0.05) is 23.2 Å². The third kappa shape index (κ3) is 4.86. The van der Waals surface area contributed by atoms with Crippen molar-refractivity contribution < 1.29 is 17.9 Å². The average Bonchev–Trinajstić information content (AvgIpc) is 2.41. The molecule has 0 aromatic heterocycles. The molecule has 0 bridgehead atoms. The highest BCUT2D eigenvalue weighted by Crippen LogP contribution is 2.36. The van der Waals surface area contributed by atoms with Gasteiger partial charge in [0.25, 0.3) is 0 Å². The Morgan fingerprint density at radius 2 is 1.78 bits per heavy atom. The molecule has 0 atom stereocenters. The molecule has 0 saturated carbocycles. The Balaban J connectivity index is 2.48. The number of Topliss-reactive ketones (excluding diaryl/α,β-unsaturated/α-hetero) is 1. The number of rotatable bonds is 5. The molecule has 0 heterocycles. The third-order valence-electron chi connectivity index (χ3n) is 2.80. The van der Waals surface area contributed by atoms with E-state index in [0.717, 1.165) is 6.26 Å². The lowest BCUT2D eigenvalue weighted by molar-refractivity contribution is 0.101. The number of sulfonamides is 1. The Labute approximate surface area is 144 Å². The highest BCUT2D eigenvalue weighted by molar-refractivity contribution is 7.92. The molecule has 0 spiro atoms. The van der Waals surface area contributed by atoms with Crippen LogP contribution in [0.1, 0.15) is 17.3 Å². The van der Waals surface area contributed by atoms with E-state index in [1.54, 1.807) is 12.1 Å². The van der Waals surface area contributed by atoms with E-state index in [4.69, 9.17) is 27.9 Å². The number of carbonyl (C=O) groups excluding carboxylic acids is 1. The molecule has 8 heteroatoms. The van der Waals surface area contributed by atoms with Crippen molar-refractivity contribution in [2.75, 3.05) is 11.0 Å². The van der Waals surface area contributed by atoms with E-state index < -0.39 is 10.0 Å². The zero-order chi connectivity index (χ0) is 17.2. The van der Waals surface area contributed by atoms with Crippen LogP contribution < -0.4 is 9.46 Å². The van der Waals surface area contributed by atoms with Crippen molar-refractivity contribution in [1.82, 2.24) is 0 Å².